The van der Waals surface area contributed by atoms with E-state index in [0.717, 1.165) is 37.7 Å². The quantitative estimate of drug-likeness (QED) is 0.830. The Balaban J connectivity index is 3.10. The number of unbranched alkanes of at least 4 members (excludes halogenated alkanes) is 2. The molecule has 1 N–H and O–H groups in total. The monoisotopic (exact) mass is 252 g/mol. The van der Waals surface area contributed by atoms with Crippen LogP contribution in [0, 0.1) is 0 Å². The van der Waals surface area contributed by atoms with Gasteiger partial charge in [0.1, 0.15) is 0 Å². The molecule has 0 unspecified atom stereocenters. The molecule has 0 bridgehead atoms. The van der Waals surface area contributed by atoms with Gasteiger partial charge >= 0.3 is 0 Å². The summed E-state index contributed by atoms with van der Waals surface area (Å²) >= 11 is 0. The Kier molecular flexibility index (Phi) is 5.24. The van der Waals surface area contributed by atoms with Crippen LogP contribution in [0.25, 0.3) is 0 Å². The Morgan fingerprint density at radius 1 is 1.06 bits per heavy atom. The number of hydrogen-bond donors (Lipinski definition) is 1. The molecule has 1 aromatic rings. The van der Waals surface area contributed by atoms with Crippen molar-refractivity contribution in [3.63, 3.8) is 0 Å². The summed E-state index contributed by atoms with van der Waals surface area (Å²) in [6, 6.07) is 0. The van der Waals surface area contributed by atoms with E-state index in [2.05, 4.69) is 39.7 Å². The van der Waals surface area contributed by atoms with E-state index in [4.69, 9.17) is 0 Å². The zero-order chi connectivity index (χ0) is 13.8. The summed E-state index contributed by atoms with van der Waals surface area (Å²) in [4.78, 5) is 0. The van der Waals surface area contributed by atoms with E-state index in [1.165, 1.54) is 12.1 Å². The van der Waals surface area contributed by atoms with Gasteiger partial charge in [0.2, 0.25) is 5.88 Å². The van der Waals surface area contributed by atoms with Gasteiger partial charge in [-0.25, -0.2) is 0 Å². The van der Waals surface area contributed by atoms with Crippen LogP contribution in [0.1, 0.15) is 71.6 Å². The van der Waals surface area contributed by atoms with E-state index in [9.17, 15) is 5.11 Å². The highest BCUT2D eigenvalue weighted by Gasteiger charge is 2.23. The average Bonchev–Trinajstić information content (AvgIpc) is 2.60. The molecule has 0 fully saturated rings. The molecule has 0 aliphatic heterocycles. The van der Waals surface area contributed by atoms with Gasteiger partial charge in [-0.15, -0.1) is 5.10 Å². The smallest absolute Gasteiger partial charge is 0.233 e. The summed E-state index contributed by atoms with van der Waals surface area (Å²) in [5.41, 5.74) is 2.24. The Bertz CT molecular complexity index is 375. The van der Waals surface area contributed by atoms with Gasteiger partial charge in [0.25, 0.3) is 0 Å². The molecular formula is C15H28N2O. The van der Waals surface area contributed by atoms with Crippen molar-refractivity contribution in [3.8, 4) is 5.88 Å². The molecule has 0 amide bonds. The first-order chi connectivity index (χ1) is 8.41. The van der Waals surface area contributed by atoms with E-state index >= 15 is 0 Å². The van der Waals surface area contributed by atoms with Crippen LogP contribution in [-0.2, 0) is 18.4 Å². The minimum absolute atomic E-state index is 0.0645. The number of rotatable bonds is 6. The molecule has 3 nitrogen and oxygen atoms in total. The van der Waals surface area contributed by atoms with Gasteiger partial charge in [0, 0.05) is 11.3 Å². The fraction of sp³-hybridized carbons (Fsp3) is 0.800. The highest BCUT2D eigenvalue weighted by atomic mass is 16.3. The minimum Gasteiger partial charge on any atom is -0.492 e. The van der Waals surface area contributed by atoms with Gasteiger partial charge in [-0.05, 0) is 46.5 Å². The summed E-state index contributed by atoms with van der Waals surface area (Å²) in [7, 11) is 0. The van der Waals surface area contributed by atoms with E-state index in [1.807, 2.05) is 4.68 Å². The molecule has 0 radical (unpaired) electrons. The molecule has 104 valence electrons. The van der Waals surface area contributed by atoms with E-state index in [0.29, 0.717) is 0 Å². The Labute approximate surface area is 111 Å². The van der Waals surface area contributed by atoms with Gasteiger partial charge < -0.3 is 5.11 Å². The third-order valence-electron chi connectivity index (χ3n) is 3.25. The molecule has 18 heavy (non-hydrogen) atoms. The van der Waals surface area contributed by atoms with Gasteiger partial charge in [-0.3, -0.25) is 4.68 Å². The fourth-order valence-corrected chi connectivity index (χ4v) is 2.24. The van der Waals surface area contributed by atoms with Crippen LogP contribution in [-0.4, -0.2) is 14.9 Å². The van der Waals surface area contributed by atoms with Gasteiger partial charge in [-0.2, -0.15) is 0 Å². The van der Waals surface area contributed by atoms with Crippen LogP contribution in [0.3, 0.4) is 0 Å². The summed E-state index contributed by atoms with van der Waals surface area (Å²) < 4.78 is 2.02. The molecule has 0 spiro atoms. The van der Waals surface area contributed by atoms with Crippen LogP contribution in [0.4, 0.5) is 0 Å². The van der Waals surface area contributed by atoms with Crippen molar-refractivity contribution in [2.24, 2.45) is 0 Å². The van der Waals surface area contributed by atoms with Crippen molar-refractivity contribution < 1.29 is 5.11 Å². The molecule has 3 heteroatoms. The second-order valence-corrected chi connectivity index (χ2v) is 6.04. The van der Waals surface area contributed by atoms with Crippen molar-refractivity contribution in [1.82, 2.24) is 9.78 Å². The summed E-state index contributed by atoms with van der Waals surface area (Å²) in [6.07, 6.45) is 6.54. The predicted molar refractivity (Wildman–Crippen MR) is 76.1 cm³/mol. The average molecular weight is 252 g/mol. The lowest BCUT2D eigenvalue weighted by atomic mass is 10.0. The van der Waals surface area contributed by atoms with Crippen LogP contribution < -0.4 is 0 Å². The number of aromatic nitrogens is 2. The fourth-order valence-electron chi connectivity index (χ4n) is 2.24. The van der Waals surface area contributed by atoms with Gasteiger partial charge in [0.05, 0.1) is 5.54 Å². The third kappa shape index (κ3) is 3.50. The molecule has 0 aliphatic rings. The van der Waals surface area contributed by atoms with Crippen LogP contribution in [0.15, 0.2) is 0 Å². The first-order valence-corrected chi connectivity index (χ1v) is 7.22. The molecule has 0 atom stereocenters. The SMILES string of the molecule is CCCCc1c(O)nn(C(C)(C)C)c1CCCC. The Morgan fingerprint density at radius 3 is 2.11 bits per heavy atom. The van der Waals surface area contributed by atoms with E-state index in [-0.39, 0.29) is 11.4 Å². The second kappa shape index (κ2) is 6.26. The maximum atomic E-state index is 10.1. The molecule has 0 aliphatic carbocycles. The minimum atomic E-state index is -0.0645. The van der Waals surface area contributed by atoms with Crippen molar-refractivity contribution in [2.75, 3.05) is 0 Å². The zero-order valence-corrected chi connectivity index (χ0v) is 12.6. The highest BCUT2D eigenvalue weighted by molar-refractivity contribution is 5.31. The lowest BCUT2D eigenvalue weighted by molar-refractivity contribution is 0.328. The van der Waals surface area contributed by atoms with Crippen LogP contribution in [0.5, 0.6) is 5.88 Å². The Hall–Kier alpha value is -0.990. The standard InChI is InChI=1S/C15H28N2O/c1-6-8-10-12-13(11-9-7-2)17(15(3,4)5)16-14(12)18/h6-11H2,1-5H3,(H,16,18). The van der Waals surface area contributed by atoms with Crippen molar-refractivity contribution in [3.05, 3.63) is 11.3 Å². The lowest BCUT2D eigenvalue weighted by Gasteiger charge is -2.22. The van der Waals surface area contributed by atoms with Crippen molar-refractivity contribution in [2.45, 2.75) is 78.7 Å². The number of aromatic hydroxyl groups is 1. The first kappa shape index (κ1) is 15.1. The molecular weight excluding hydrogens is 224 g/mol. The normalized spacial score (nSPS) is 12.1. The van der Waals surface area contributed by atoms with Gasteiger partial charge in [0.15, 0.2) is 0 Å². The predicted octanol–water partition coefficient (Wildman–Crippen LogP) is 4.03. The molecule has 0 saturated carbocycles. The van der Waals surface area contributed by atoms with E-state index in [1.54, 1.807) is 0 Å². The lowest BCUT2D eigenvalue weighted by Crippen LogP contribution is -2.25. The maximum Gasteiger partial charge on any atom is 0.233 e. The van der Waals surface area contributed by atoms with Gasteiger partial charge in [-0.1, -0.05) is 26.7 Å². The number of hydrogen-bond acceptors (Lipinski definition) is 2. The maximum absolute atomic E-state index is 10.1. The Morgan fingerprint density at radius 2 is 1.61 bits per heavy atom. The third-order valence-corrected chi connectivity index (χ3v) is 3.25. The summed E-state index contributed by atoms with van der Waals surface area (Å²) in [5.74, 6) is 0.240. The number of nitrogens with zero attached hydrogens (tertiary/aromatic N) is 2. The van der Waals surface area contributed by atoms with E-state index < -0.39 is 0 Å². The molecule has 1 heterocycles. The second-order valence-electron chi connectivity index (χ2n) is 6.04. The molecule has 0 aromatic carbocycles. The molecule has 1 aromatic heterocycles. The summed E-state index contributed by atoms with van der Waals surface area (Å²) in [6.45, 7) is 10.8. The van der Waals surface area contributed by atoms with Crippen molar-refractivity contribution >= 4 is 0 Å². The van der Waals surface area contributed by atoms with Crippen LogP contribution >= 0.6 is 0 Å². The first-order valence-electron chi connectivity index (χ1n) is 7.22. The zero-order valence-electron chi connectivity index (χ0n) is 12.6. The molecule has 1 rings (SSSR count). The molecule has 0 saturated heterocycles. The topological polar surface area (TPSA) is 38.1 Å². The highest BCUT2D eigenvalue weighted by Crippen LogP contribution is 2.28. The largest absolute Gasteiger partial charge is 0.492 e. The van der Waals surface area contributed by atoms with Crippen molar-refractivity contribution in [1.29, 1.82) is 0 Å². The summed E-state index contributed by atoms with van der Waals surface area (Å²) in [5, 5.41) is 14.4. The van der Waals surface area contributed by atoms with Crippen LogP contribution in [0.2, 0.25) is 0 Å².